The van der Waals surface area contributed by atoms with Gasteiger partial charge in [-0.15, -0.1) is 0 Å². The Balaban J connectivity index is 1.37. The molecule has 0 aliphatic carbocycles. The van der Waals surface area contributed by atoms with Crippen molar-refractivity contribution in [3.8, 4) is 0 Å². The van der Waals surface area contributed by atoms with Crippen LogP contribution in [0.4, 0.5) is 10.1 Å². The van der Waals surface area contributed by atoms with Gasteiger partial charge in [-0.25, -0.2) is 12.8 Å². The SMILES string of the molecule is Cc1cnc2c(S(=O)(=O)N3CCC(N4COCc5cc(F)ccc54)CC3)cccc2c1. The van der Waals surface area contributed by atoms with Gasteiger partial charge in [0.2, 0.25) is 10.0 Å². The Bertz CT molecular complexity index is 1240. The fourth-order valence-corrected chi connectivity index (χ4v) is 6.19. The second-order valence-electron chi connectivity index (χ2n) is 8.20. The van der Waals surface area contributed by atoms with Crippen LogP contribution in [0.15, 0.2) is 53.6 Å². The maximum atomic E-state index is 13.6. The van der Waals surface area contributed by atoms with Gasteiger partial charge in [0.25, 0.3) is 0 Å². The molecule has 0 radical (unpaired) electrons. The zero-order valence-electron chi connectivity index (χ0n) is 17.3. The topological polar surface area (TPSA) is 62.7 Å². The van der Waals surface area contributed by atoms with Crippen molar-refractivity contribution >= 4 is 26.6 Å². The van der Waals surface area contributed by atoms with Crippen molar-refractivity contribution in [3.63, 3.8) is 0 Å². The maximum Gasteiger partial charge on any atom is 0.245 e. The highest BCUT2D eigenvalue weighted by molar-refractivity contribution is 7.89. The van der Waals surface area contributed by atoms with Crippen LogP contribution >= 0.6 is 0 Å². The zero-order valence-corrected chi connectivity index (χ0v) is 18.1. The number of para-hydroxylation sites is 1. The van der Waals surface area contributed by atoms with E-state index in [-0.39, 0.29) is 16.8 Å². The number of hydrogen-bond donors (Lipinski definition) is 0. The third-order valence-electron chi connectivity index (χ3n) is 6.13. The van der Waals surface area contributed by atoms with E-state index in [2.05, 4.69) is 9.88 Å². The van der Waals surface area contributed by atoms with E-state index in [4.69, 9.17) is 4.74 Å². The quantitative estimate of drug-likeness (QED) is 0.618. The number of anilines is 1. The fourth-order valence-electron chi connectivity index (χ4n) is 4.56. The minimum absolute atomic E-state index is 0.143. The predicted octanol–water partition coefficient (Wildman–Crippen LogP) is 3.83. The normalized spacial score (nSPS) is 18.3. The van der Waals surface area contributed by atoms with Gasteiger partial charge < -0.3 is 9.64 Å². The van der Waals surface area contributed by atoms with Crippen molar-refractivity contribution in [2.24, 2.45) is 0 Å². The Morgan fingerprint density at radius 1 is 1.13 bits per heavy atom. The summed E-state index contributed by atoms with van der Waals surface area (Å²) in [6.45, 7) is 3.60. The van der Waals surface area contributed by atoms with Crippen molar-refractivity contribution in [2.75, 3.05) is 24.7 Å². The number of hydrogen-bond acceptors (Lipinski definition) is 5. The van der Waals surface area contributed by atoms with Crippen LogP contribution in [-0.2, 0) is 21.4 Å². The minimum atomic E-state index is -3.65. The van der Waals surface area contributed by atoms with Gasteiger partial charge in [0.05, 0.1) is 12.1 Å². The van der Waals surface area contributed by atoms with Crippen LogP contribution in [0.2, 0.25) is 0 Å². The van der Waals surface area contributed by atoms with Crippen LogP contribution in [0.3, 0.4) is 0 Å². The van der Waals surface area contributed by atoms with Crippen LogP contribution in [0.25, 0.3) is 10.9 Å². The van der Waals surface area contributed by atoms with Crippen LogP contribution in [0.5, 0.6) is 0 Å². The van der Waals surface area contributed by atoms with Crippen LogP contribution in [0.1, 0.15) is 24.0 Å². The second kappa shape index (κ2) is 7.85. The molecule has 2 aromatic carbocycles. The van der Waals surface area contributed by atoms with Crippen molar-refractivity contribution < 1.29 is 17.5 Å². The summed E-state index contributed by atoms with van der Waals surface area (Å²) < 4.78 is 47.6. The molecule has 5 rings (SSSR count). The van der Waals surface area contributed by atoms with E-state index in [1.54, 1.807) is 28.7 Å². The Morgan fingerprint density at radius 2 is 1.94 bits per heavy atom. The Morgan fingerprint density at radius 3 is 2.74 bits per heavy atom. The number of pyridine rings is 1. The molecule has 0 spiro atoms. The van der Waals surface area contributed by atoms with Gasteiger partial charge in [-0.1, -0.05) is 12.1 Å². The van der Waals surface area contributed by atoms with E-state index in [0.29, 0.717) is 44.8 Å². The van der Waals surface area contributed by atoms with E-state index in [0.717, 1.165) is 22.2 Å². The van der Waals surface area contributed by atoms with E-state index in [1.807, 2.05) is 19.1 Å². The second-order valence-corrected chi connectivity index (χ2v) is 10.1. The molecule has 0 saturated carbocycles. The van der Waals surface area contributed by atoms with Gasteiger partial charge in [0.15, 0.2) is 0 Å². The molecule has 0 amide bonds. The van der Waals surface area contributed by atoms with Gasteiger partial charge in [0.1, 0.15) is 17.4 Å². The molecule has 1 aromatic heterocycles. The molecule has 8 heteroatoms. The van der Waals surface area contributed by atoms with E-state index >= 15 is 0 Å². The highest BCUT2D eigenvalue weighted by Crippen LogP contribution is 2.33. The summed E-state index contributed by atoms with van der Waals surface area (Å²) in [4.78, 5) is 6.79. The number of aromatic nitrogens is 1. The number of benzene rings is 2. The number of rotatable bonds is 3. The molecule has 1 fully saturated rings. The molecule has 31 heavy (non-hydrogen) atoms. The first-order valence-electron chi connectivity index (χ1n) is 10.4. The lowest BCUT2D eigenvalue weighted by Crippen LogP contribution is -2.48. The van der Waals surface area contributed by atoms with Crippen molar-refractivity contribution in [3.05, 3.63) is 65.6 Å². The summed E-state index contributed by atoms with van der Waals surface area (Å²) in [5.74, 6) is -0.274. The molecule has 6 nitrogen and oxygen atoms in total. The Labute approximate surface area is 181 Å². The summed E-state index contributed by atoms with van der Waals surface area (Å²) in [5.41, 5.74) is 3.31. The molecule has 2 aliphatic rings. The zero-order chi connectivity index (χ0) is 21.6. The number of halogens is 1. The molecule has 162 valence electrons. The van der Waals surface area contributed by atoms with Gasteiger partial charge in [0, 0.05) is 42.0 Å². The monoisotopic (exact) mass is 441 g/mol. The first kappa shape index (κ1) is 20.4. The average Bonchev–Trinajstić information content (AvgIpc) is 2.78. The van der Waals surface area contributed by atoms with Gasteiger partial charge >= 0.3 is 0 Å². The molecule has 3 heterocycles. The lowest BCUT2D eigenvalue weighted by atomic mass is 10.0. The Hall–Kier alpha value is -2.55. The lowest BCUT2D eigenvalue weighted by Gasteiger charge is -2.41. The number of aryl methyl sites for hydroxylation is 1. The highest BCUT2D eigenvalue weighted by Gasteiger charge is 2.34. The summed E-state index contributed by atoms with van der Waals surface area (Å²) in [5, 5.41) is 0.824. The molecule has 0 bridgehead atoms. The number of fused-ring (bicyclic) bond motifs is 2. The van der Waals surface area contributed by atoms with Gasteiger partial charge in [-0.3, -0.25) is 4.98 Å². The van der Waals surface area contributed by atoms with Crippen LogP contribution in [0, 0.1) is 12.7 Å². The average molecular weight is 442 g/mol. The highest BCUT2D eigenvalue weighted by atomic mass is 32.2. The molecule has 0 N–H and O–H groups in total. The maximum absolute atomic E-state index is 13.6. The lowest BCUT2D eigenvalue weighted by molar-refractivity contribution is 0.0985. The third-order valence-corrected chi connectivity index (χ3v) is 8.06. The minimum Gasteiger partial charge on any atom is -0.356 e. The van der Waals surface area contributed by atoms with Crippen LogP contribution < -0.4 is 4.90 Å². The molecular weight excluding hydrogens is 417 g/mol. The molecular formula is C23H24FN3O3S. The van der Waals surface area contributed by atoms with Gasteiger partial charge in [-0.2, -0.15) is 4.31 Å². The number of ether oxygens (including phenoxy) is 1. The predicted molar refractivity (Wildman–Crippen MR) is 117 cm³/mol. The van der Waals surface area contributed by atoms with Crippen molar-refractivity contribution in [1.82, 2.24) is 9.29 Å². The first-order chi connectivity index (χ1) is 14.9. The Kier molecular flexibility index (Phi) is 5.16. The summed E-state index contributed by atoms with van der Waals surface area (Å²) >= 11 is 0. The molecule has 0 unspecified atom stereocenters. The number of sulfonamides is 1. The number of piperidine rings is 1. The standard InChI is InChI=1S/C23H24FN3O3S/c1-16-11-17-3-2-4-22(23(17)25-13-16)31(28,29)26-9-7-20(8-10-26)27-15-30-14-18-12-19(24)5-6-21(18)27/h2-6,11-13,20H,7-10,14-15H2,1H3. The first-order valence-corrected chi connectivity index (χ1v) is 11.9. The third kappa shape index (κ3) is 3.69. The number of nitrogens with zero attached hydrogens (tertiary/aromatic N) is 3. The smallest absolute Gasteiger partial charge is 0.245 e. The van der Waals surface area contributed by atoms with E-state index in [1.165, 1.54) is 12.1 Å². The van der Waals surface area contributed by atoms with Crippen molar-refractivity contribution in [2.45, 2.75) is 37.3 Å². The largest absolute Gasteiger partial charge is 0.356 e. The van der Waals surface area contributed by atoms with Gasteiger partial charge in [-0.05, 0) is 55.7 Å². The van der Waals surface area contributed by atoms with Crippen LogP contribution in [-0.4, -0.2) is 43.6 Å². The fraction of sp³-hybridized carbons (Fsp3) is 0.348. The van der Waals surface area contributed by atoms with Crippen molar-refractivity contribution in [1.29, 1.82) is 0 Å². The summed E-state index contributed by atoms with van der Waals surface area (Å²) in [7, 11) is -3.65. The molecule has 2 aliphatic heterocycles. The van der Waals surface area contributed by atoms with E-state index < -0.39 is 10.0 Å². The van der Waals surface area contributed by atoms with E-state index in [9.17, 15) is 12.8 Å². The molecule has 0 atom stereocenters. The molecule has 1 saturated heterocycles. The summed E-state index contributed by atoms with van der Waals surface area (Å²) in [6, 6.07) is 12.1. The summed E-state index contributed by atoms with van der Waals surface area (Å²) in [6.07, 6.45) is 3.05. The molecule has 3 aromatic rings.